The van der Waals surface area contributed by atoms with Gasteiger partial charge in [0.05, 0.1) is 90.8 Å². The number of hydrogen-bond acceptors (Lipinski definition) is 43. The van der Waals surface area contributed by atoms with Crippen molar-refractivity contribution in [2.24, 2.45) is 0 Å². The first-order chi connectivity index (χ1) is 61.9. The zero-order chi connectivity index (χ0) is 91.1. The number of amides is 2. The molecule has 8 aliphatic rings. The number of carbonyl (C=O) groups excluding carboxylic acids is 7. The van der Waals surface area contributed by atoms with Crippen molar-refractivity contribution in [3.05, 3.63) is 180 Å². The number of rotatable bonds is 21. The van der Waals surface area contributed by atoms with Gasteiger partial charge in [0.25, 0.3) is 17.4 Å². The minimum atomic E-state index is -3.80. The molecule has 680 valence electrons. The number of ketones is 4. The second-order valence-corrected chi connectivity index (χ2v) is 46.2. The molecule has 11 aromatic rings. The number of nitrogens with one attached hydrogen (secondary N) is 1. The fourth-order valence-corrected chi connectivity index (χ4v) is 25.9. The number of nitrogens with two attached hydrogens (primary N) is 2. The van der Waals surface area contributed by atoms with Gasteiger partial charge in [-0.15, -0.1) is 0 Å². The number of hydrogen-bond donors (Lipinski definition) is 6. The van der Waals surface area contributed by atoms with Crippen LogP contribution in [-0.2, 0) is 97.3 Å². The number of aliphatic hydroxyl groups excluding tert-OH is 3. The molecule has 8 fully saturated rings. The minimum absolute atomic E-state index is 0.0591. The summed E-state index contributed by atoms with van der Waals surface area (Å²) in [6.45, 7) is -13.0. The molecule has 2 amide bonds. The molecule has 20 atom stereocenters. The molecule has 45 nitrogen and oxygen atoms in total. The van der Waals surface area contributed by atoms with Crippen LogP contribution in [-0.4, -0.2) is 259 Å². The molecule has 129 heavy (non-hydrogen) atoms. The average Bonchev–Trinajstić information content (AvgIpc) is 1.60. The maximum atomic E-state index is 13.9. The number of ether oxygens (including phenoxy) is 5. The molecule has 8 aromatic heterocycles. The van der Waals surface area contributed by atoms with Crippen LogP contribution in [0.4, 0.5) is 17.2 Å². The molecule has 0 radical (unpaired) electrons. The molecule has 55 heteroatoms. The molecule has 19 rings (SSSR count). The number of aromatic nitrogens is 14. The number of alkyl halides is 2. The zero-order valence-electron chi connectivity index (χ0n) is 66.9. The summed E-state index contributed by atoms with van der Waals surface area (Å²) in [6, 6.07) is 28.3. The number of pyridine rings is 2. The Balaban J connectivity index is 0.000000131. The number of fused-ring (bicyclic) bond motifs is 8. The van der Waals surface area contributed by atoms with E-state index in [4.69, 9.17) is 71.3 Å². The standard InChI is InChI=1S/C32H26N5O8PS.C15H16BrN4O8PS.C15H16BrN4O7PS.C12H15N4O5PS/c1-47-46(41)42-17-23-25(45-46)26(44-32(40)22-15-9-4-10-16-22)31(43-23)36-19-35-24-27(36)33-18-34-28(24)37(29(38)20-11-5-2-6-12-20)30(39)21-13-7-3-8-14-21;1-6-18-13-10(14(24)19-6)17-5-20(13)15-11(23)12-9(27-15)3-26-29(25,28-12)30-4-8(22)7(21)2-16;16-3-8(21)9(22)5-29-28(24)25-4-10-13(27-28)12(23)15(26-10)20-6-19-11-7(17)1-2-18-14(11)20;1-23-22(18)19-4-7-10(21-22)9(17)12(20-7)16-5-15-8-6(13)2-3-14-11(8)16/h2-16,18-19,23,25-26,31H,17H2,1H3;5,9,11-12,15,23H,2-4H2,1H3,(H,18,19,24);1-2,6,10,12-13,15,23H,3-5H2,(H2,17,18);2-3,5,7,9-10,12,17H,4H2,1H3,(H2,13,14)/t23-,25?,26?,31-,46?;9-,11?,12?,15-,29?;10-,12?,13?,15-,28?;7-,9?,10?,12-,22?/m1111/s1. The molecule has 0 aliphatic carbocycles. The highest BCUT2D eigenvalue weighted by molar-refractivity contribution is 9.09. The van der Waals surface area contributed by atoms with Crippen LogP contribution in [0.1, 0.15) is 61.8 Å². The third-order valence-corrected chi connectivity index (χ3v) is 35.6. The van der Waals surface area contributed by atoms with Crippen LogP contribution in [0.15, 0.2) is 152 Å². The lowest BCUT2D eigenvalue weighted by Crippen LogP contribution is -2.41. The lowest BCUT2D eigenvalue weighted by Gasteiger charge is -2.31. The summed E-state index contributed by atoms with van der Waals surface area (Å²) in [7, 11) is 0. The van der Waals surface area contributed by atoms with Crippen LogP contribution in [0, 0.1) is 6.92 Å². The predicted molar refractivity (Wildman–Crippen MR) is 469 cm³/mol. The van der Waals surface area contributed by atoms with E-state index in [1.54, 1.807) is 133 Å². The Kier molecular flexibility index (Phi) is 28.5. The van der Waals surface area contributed by atoms with Gasteiger partial charge in [-0.2, -0.15) is 0 Å². The summed E-state index contributed by atoms with van der Waals surface area (Å²) in [6.07, 6.45) is -1.50. The van der Waals surface area contributed by atoms with Gasteiger partial charge in [0.1, 0.15) is 90.3 Å². The third-order valence-electron chi connectivity index (χ3n) is 20.7. The van der Waals surface area contributed by atoms with Gasteiger partial charge in [-0.3, -0.25) is 88.0 Å². The highest BCUT2D eigenvalue weighted by atomic mass is 79.9. The number of aliphatic hydroxyl groups is 3. The summed E-state index contributed by atoms with van der Waals surface area (Å²) in [5.74, 6) is -5.03. The number of carbonyl (C=O) groups is 7. The van der Waals surface area contributed by atoms with Crippen LogP contribution in [0.25, 0.3) is 44.7 Å². The number of benzene rings is 3. The summed E-state index contributed by atoms with van der Waals surface area (Å²) in [5.41, 5.74) is 15.6. The lowest BCUT2D eigenvalue weighted by molar-refractivity contribution is -0.133. The zero-order valence-corrected chi connectivity index (χ0v) is 76.9. The number of Topliss-reactive ketones (excluding diaryl/α,β-unsaturated/α-hetero) is 4. The molecule has 0 spiro atoms. The van der Waals surface area contributed by atoms with E-state index in [9.17, 15) is 71.9 Å². The molecule has 16 heterocycles. The van der Waals surface area contributed by atoms with Crippen molar-refractivity contribution in [2.75, 3.05) is 77.5 Å². The van der Waals surface area contributed by atoms with Crippen LogP contribution in [0.3, 0.4) is 0 Å². The van der Waals surface area contributed by atoms with Crippen molar-refractivity contribution >= 4 is 207 Å². The van der Waals surface area contributed by atoms with Crippen LogP contribution in [0.5, 0.6) is 0 Å². The van der Waals surface area contributed by atoms with Gasteiger partial charge in [-0.05, 0) is 113 Å². The van der Waals surface area contributed by atoms with Crippen LogP contribution in [0.2, 0.25) is 0 Å². The van der Waals surface area contributed by atoms with Crippen LogP contribution < -0.4 is 21.9 Å². The van der Waals surface area contributed by atoms with E-state index in [1.807, 2.05) is 0 Å². The second kappa shape index (κ2) is 39.3. The summed E-state index contributed by atoms with van der Waals surface area (Å²) >= 11 is 8.92. The van der Waals surface area contributed by atoms with Gasteiger partial charge in [0.15, 0.2) is 70.5 Å². The number of halogens is 2. The van der Waals surface area contributed by atoms with E-state index in [0.717, 1.165) is 27.7 Å². The summed E-state index contributed by atoms with van der Waals surface area (Å²) < 4.78 is 130. The SMILES string of the molecule is CSP1(=O)OC[C@H]2O[C@@H](n3cnc4c(N(C(=O)c5ccccc5)C(=O)c5ccccc5)ncnc43)C(OC(=O)c3ccccc3)C2O1.CSP1(=O)OC[C@H]2O[C@@H](n3cnc4c(N)ccnc43)C(O)C2O1.Cc1nc2c(ncn2[C@@H]2O[C@@H]3COP(=O)(SCC(=O)C(=O)CBr)OC3C2O)c(=O)[nH]1.Nc1ccnc2c1ncn2[C@@H]1O[C@@H]2COP(=O)(SCC(=O)C(=O)CBr)OC2C1O. The van der Waals surface area contributed by atoms with Gasteiger partial charge < -0.3 is 55.5 Å². The normalized spacial score (nSPS) is 29.6. The Bertz CT molecular complexity index is 6350. The van der Waals surface area contributed by atoms with Crippen molar-refractivity contribution in [1.29, 1.82) is 0 Å². The number of aryl methyl sites for hydroxylation is 1. The molecular formula is C74H73Br2N17O28P4S4. The number of nitrogens with zero attached hydrogens (tertiary/aromatic N) is 14. The molecular weight excluding hydrogens is 1990 g/mol. The number of nitrogen functional groups attached to an aromatic ring is 2. The van der Waals surface area contributed by atoms with Crippen molar-refractivity contribution in [3.63, 3.8) is 0 Å². The van der Waals surface area contributed by atoms with Gasteiger partial charge in [0, 0.05) is 23.5 Å². The maximum absolute atomic E-state index is 13.9. The minimum Gasteiger partial charge on any atom is -0.451 e. The smallest absolute Gasteiger partial charge is 0.390 e. The van der Waals surface area contributed by atoms with E-state index >= 15 is 0 Å². The van der Waals surface area contributed by atoms with Crippen molar-refractivity contribution in [1.82, 2.24) is 68.1 Å². The van der Waals surface area contributed by atoms with Gasteiger partial charge in [-0.1, -0.05) is 86.5 Å². The molecule has 3 aromatic carbocycles. The van der Waals surface area contributed by atoms with Crippen molar-refractivity contribution in [3.8, 4) is 0 Å². The quantitative estimate of drug-likeness (QED) is 0.0130. The Morgan fingerprint density at radius 2 is 0.853 bits per heavy atom. The Hall–Kier alpha value is -8.63. The molecule has 8 N–H and O–H groups in total. The Morgan fingerprint density at radius 3 is 1.29 bits per heavy atom. The number of esters is 1. The number of H-pyrrole nitrogens is 1. The second-order valence-electron chi connectivity index (χ2n) is 28.7. The highest BCUT2D eigenvalue weighted by Crippen LogP contribution is 2.68. The average molecular weight is 2060 g/mol. The lowest BCUT2D eigenvalue weighted by atomic mass is 10.1. The van der Waals surface area contributed by atoms with Crippen LogP contribution >= 0.6 is 105 Å². The summed E-state index contributed by atoms with van der Waals surface area (Å²) in [5, 5.41) is 31.8. The topological polar surface area (TPSA) is 592 Å². The molecule has 12 unspecified atom stereocenters. The molecule has 8 aliphatic heterocycles. The molecule has 0 bridgehead atoms. The Labute approximate surface area is 759 Å². The van der Waals surface area contributed by atoms with Crippen molar-refractivity contribution < 1.29 is 127 Å². The van der Waals surface area contributed by atoms with E-state index in [2.05, 4.69) is 81.7 Å². The maximum Gasteiger partial charge on any atom is 0.390 e. The highest BCUT2D eigenvalue weighted by Gasteiger charge is 2.59. The first kappa shape index (κ1) is 93.6. The largest absolute Gasteiger partial charge is 0.451 e. The number of imidazole rings is 4. The molecule has 0 saturated carbocycles. The van der Waals surface area contributed by atoms with Gasteiger partial charge >= 0.3 is 33.2 Å². The first-order valence-electron chi connectivity index (χ1n) is 38.5. The van der Waals surface area contributed by atoms with Crippen molar-refractivity contribution in [2.45, 2.75) is 105 Å². The van der Waals surface area contributed by atoms with E-state index < -0.39 is 172 Å². The fourth-order valence-electron chi connectivity index (χ4n) is 14.4. The monoisotopic (exact) mass is 2060 g/mol. The van der Waals surface area contributed by atoms with E-state index in [-0.39, 0.29) is 87.9 Å². The fraction of sp³-hybridized carbons (Fsp3) is 0.365. The third kappa shape index (κ3) is 19.4. The van der Waals surface area contributed by atoms with E-state index in [0.29, 0.717) is 67.9 Å². The van der Waals surface area contributed by atoms with Gasteiger partial charge in [-0.25, -0.2) is 72.8 Å². The van der Waals surface area contributed by atoms with Gasteiger partial charge in [0.2, 0.25) is 23.1 Å². The molecule has 8 saturated heterocycles. The number of imide groups is 1. The first-order valence-corrected chi connectivity index (χ1v) is 53.7. The Morgan fingerprint density at radius 1 is 0.481 bits per heavy atom. The summed E-state index contributed by atoms with van der Waals surface area (Å²) in [4.78, 5) is 141. The number of aromatic amines is 1. The van der Waals surface area contributed by atoms with E-state index in [1.165, 1.54) is 51.5 Å². The predicted octanol–water partition coefficient (Wildman–Crippen LogP) is 8.02. The number of anilines is 3.